The van der Waals surface area contributed by atoms with E-state index < -0.39 is 5.97 Å². The molecule has 1 aromatic carbocycles. The van der Waals surface area contributed by atoms with E-state index in [1.54, 1.807) is 0 Å². The van der Waals surface area contributed by atoms with Crippen molar-refractivity contribution >= 4 is 32.8 Å². The van der Waals surface area contributed by atoms with E-state index in [1.165, 1.54) is 7.11 Å². The number of esters is 1. The number of fused-ring (bicyclic) bond motifs is 1. The van der Waals surface area contributed by atoms with Gasteiger partial charge in [-0.05, 0) is 35.0 Å². The molecule has 0 bridgehead atoms. The first-order valence-electron chi connectivity index (χ1n) is 8.00. The highest BCUT2D eigenvalue weighted by Gasteiger charge is 2.28. The Hall–Kier alpha value is -2.12. The quantitative estimate of drug-likeness (QED) is 0.618. The molecule has 0 saturated carbocycles. The Bertz CT molecular complexity index is 914. The number of aromatic nitrogens is 2. The minimum absolute atomic E-state index is 0.103. The van der Waals surface area contributed by atoms with E-state index in [4.69, 9.17) is 9.15 Å². The molecule has 6 nitrogen and oxygen atoms in total. The highest BCUT2D eigenvalue weighted by molar-refractivity contribution is 9.10. The lowest BCUT2D eigenvalue weighted by molar-refractivity contribution is 0.0595. The summed E-state index contributed by atoms with van der Waals surface area (Å²) in [7, 11) is 3.18. The number of benzene rings is 1. The first kappa shape index (κ1) is 17.7. The lowest BCUT2D eigenvalue weighted by Crippen LogP contribution is -2.22. The Balaban J connectivity index is 2.21. The molecule has 0 unspecified atom stereocenters. The third kappa shape index (κ3) is 3.09. The van der Waals surface area contributed by atoms with Gasteiger partial charge in [-0.2, -0.15) is 0 Å². The lowest BCUT2D eigenvalue weighted by atomic mass is 10.1. The standard InChI is InChI=1S/C18H20BrN3O3/c1-9(2)13(20-3)17-22-15(18(23)24-4)16(25-17)11-8-21-14-10(11)6-5-7-12(14)19/h5-9,13,20-21H,1-4H3/t13-/m0/s1. The van der Waals surface area contributed by atoms with Crippen LogP contribution in [0, 0.1) is 5.92 Å². The zero-order chi connectivity index (χ0) is 18.1. The van der Waals surface area contributed by atoms with Crippen molar-refractivity contribution in [1.29, 1.82) is 0 Å². The number of hydrogen-bond acceptors (Lipinski definition) is 5. The van der Waals surface area contributed by atoms with Gasteiger partial charge in [0.2, 0.25) is 5.89 Å². The first-order chi connectivity index (χ1) is 12.0. The van der Waals surface area contributed by atoms with Gasteiger partial charge in [-0.3, -0.25) is 0 Å². The molecule has 2 N–H and O–H groups in total. The maximum absolute atomic E-state index is 12.2. The summed E-state index contributed by atoms with van der Waals surface area (Å²) in [6.07, 6.45) is 1.82. The Morgan fingerprint density at radius 3 is 2.80 bits per heavy atom. The second kappa shape index (κ2) is 7.01. The van der Waals surface area contributed by atoms with Crippen molar-refractivity contribution in [1.82, 2.24) is 15.3 Å². The van der Waals surface area contributed by atoms with Gasteiger partial charge in [-0.1, -0.05) is 26.0 Å². The number of carbonyl (C=O) groups is 1. The van der Waals surface area contributed by atoms with Crippen LogP contribution in [-0.2, 0) is 4.74 Å². The summed E-state index contributed by atoms with van der Waals surface area (Å²) in [5, 5.41) is 4.12. The topological polar surface area (TPSA) is 80.1 Å². The van der Waals surface area contributed by atoms with Crippen LogP contribution in [0.4, 0.5) is 0 Å². The van der Waals surface area contributed by atoms with Gasteiger partial charge in [0.25, 0.3) is 0 Å². The van der Waals surface area contributed by atoms with E-state index in [2.05, 4.69) is 45.1 Å². The lowest BCUT2D eigenvalue weighted by Gasteiger charge is -2.15. The molecular formula is C18H20BrN3O3. The van der Waals surface area contributed by atoms with E-state index >= 15 is 0 Å². The van der Waals surface area contributed by atoms with Gasteiger partial charge in [0.05, 0.1) is 18.7 Å². The van der Waals surface area contributed by atoms with Gasteiger partial charge in [-0.25, -0.2) is 9.78 Å². The number of para-hydroxylation sites is 1. The number of hydrogen-bond donors (Lipinski definition) is 2. The number of nitrogens with zero attached hydrogens (tertiary/aromatic N) is 1. The molecule has 0 radical (unpaired) electrons. The highest BCUT2D eigenvalue weighted by Crippen LogP contribution is 2.36. The molecule has 3 aromatic rings. The summed E-state index contributed by atoms with van der Waals surface area (Å²) >= 11 is 3.52. The Kier molecular flexibility index (Phi) is 4.96. The first-order valence-corrected chi connectivity index (χ1v) is 8.79. The zero-order valence-electron chi connectivity index (χ0n) is 14.5. The predicted molar refractivity (Wildman–Crippen MR) is 99.5 cm³/mol. The van der Waals surface area contributed by atoms with Crippen molar-refractivity contribution in [3.63, 3.8) is 0 Å². The van der Waals surface area contributed by atoms with E-state index in [9.17, 15) is 4.79 Å². The number of ether oxygens (including phenoxy) is 1. The van der Waals surface area contributed by atoms with Crippen molar-refractivity contribution in [2.75, 3.05) is 14.2 Å². The highest BCUT2D eigenvalue weighted by atomic mass is 79.9. The predicted octanol–water partition coefficient (Wildman–Crippen LogP) is 4.29. The molecule has 7 heteroatoms. The Morgan fingerprint density at radius 1 is 1.40 bits per heavy atom. The van der Waals surface area contributed by atoms with Crippen LogP contribution < -0.4 is 5.32 Å². The molecule has 0 amide bonds. The number of oxazole rings is 1. The van der Waals surface area contributed by atoms with Gasteiger partial charge in [0.15, 0.2) is 11.5 Å². The molecule has 25 heavy (non-hydrogen) atoms. The molecule has 0 aliphatic rings. The maximum atomic E-state index is 12.2. The molecule has 2 aromatic heterocycles. The molecule has 0 fully saturated rings. The average molecular weight is 406 g/mol. The molecule has 3 rings (SSSR count). The second-order valence-electron chi connectivity index (χ2n) is 6.10. The summed E-state index contributed by atoms with van der Waals surface area (Å²) in [5.74, 6) is 0.608. The SMILES string of the molecule is CN[C@H](c1nc(C(=O)OC)c(-c2c[nH]c3c(Br)cccc23)o1)C(C)C. The third-order valence-electron chi connectivity index (χ3n) is 4.18. The number of aromatic amines is 1. The fourth-order valence-electron chi connectivity index (χ4n) is 2.93. The van der Waals surface area contributed by atoms with Crippen LogP contribution in [0.25, 0.3) is 22.2 Å². The van der Waals surface area contributed by atoms with E-state index in [-0.39, 0.29) is 17.7 Å². The van der Waals surface area contributed by atoms with Crippen molar-refractivity contribution in [2.24, 2.45) is 5.92 Å². The van der Waals surface area contributed by atoms with Crippen LogP contribution in [0.2, 0.25) is 0 Å². The number of rotatable bonds is 5. The number of H-pyrrole nitrogens is 1. The number of nitrogens with one attached hydrogen (secondary N) is 2. The number of halogens is 1. The molecule has 0 aliphatic carbocycles. The van der Waals surface area contributed by atoms with E-state index in [0.29, 0.717) is 11.7 Å². The molecule has 0 saturated heterocycles. The van der Waals surface area contributed by atoms with Crippen LogP contribution in [0.3, 0.4) is 0 Å². The Labute approximate surface area is 154 Å². The van der Waals surface area contributed by atoms with Crippen molar-refractivity contribution < 1.29 is 13.9 Å². The van der Waals surface area contributed by atoms with Crippen LogP contribution >= 0.6 is 15.9 Å². The molecule has 0 spiro atoms. The Morgan fingerprint density at radius 2 is 2.16 bits per heavy atom. The molecule has 132 valence electrons. The molecular weight excluding hydrogens is 386 g/mol. The van der Waals surface area contributed by atoms with Crippen molar-refractivity contribution in [3.05, 3.63) is 40.5 Å². The monoisotopic (exact) mass is 405 g/mol. The molecule has 0 aliphatic heterocycles. The van der Waals surface area contributed by atoms with Crippen LogP contribution in [0.1, 0.15) is 36.3 Å². The summed E-state index contributed by atoms with van der Waals surface area (Å²) in [6.45, 7) is 4.12. The molecule has 2 heterocycles. The largest absolute Gasteiger partial charge is 0.464 e. The second-order valence-corrected chi connectivity index (χ2v) is 6.95. The minimum Gasteiger partial charge on any atom is -0.464 e. The third-order valence-corrected chi connectivity index (χ3v) is 4.84. The van der Waals surface area contributed by atoms with E-state index in [0.717, 1.165) is 20.9 Å². The van der Waals surface area contributed by atoms with Gasteiger partial charge in [-0.15, -0.1) is 0 Å². The zero-order valence-corrected chi connectivity index (χ0v) is 16.1. The summed E-state index contributed by atoms with van der Waals surface area (Å²) in [5.41, 5.74) is 1.88. The molecule has 1 atom stereocenters. The minimum atomic E-state index is -0.520. The smallest absolute Gasteiger partial charge is 0.360 e. The van der Waals surface area contributed by atoms with Crippen LogP contribution in [0.15, 0.2) is 33.3 Å². The van der Waals surface area contributed by atoms with Crippen LogP contribution in [-0.4, -0.2) is 30.1 Å². The normalized spacial score (nSPS) is 12.7. The summed E-state index contributed by atoms with van der Waals surface area (Å²) in [4.78, 5) is 19.9. The van der Waals surface area contributed by atoms with Gasteiger partial charge in [0, 0.05) is 21.6 Å². The average Bonchev–Trinajstić information content (AvgIpc) is 3.19. The van der Waals surface area contributed by atoms with Crippen molar-refractivity contribution in [3.8, 4) is 11.3 Å². The van der Waals surface area contributed by atoms with Gasteiger partial charge < -0.3 is 19.5 Å². The maximum Gasteiger partial charge on any atom is 0.360 e. The van der Waals surface area contributed by atoms with Crippen molar-refractivity contribution in [2.45, 2.75) is 19.9 Å². The fraction of sp³-hybridized carbons (Fsp3) is 0.333. The number of carbonyl (C=O) groups excluding carboxylic acids is 1. The summed E-state index contributed by atoms with van der Waals surface area (Å²) < 4.78 is 11.9. The fourth-order valence-corrected chi connectivity index (χ4v) is 3.42. The summed E-state index contributed by atoms with van der Waals surface area (Å²) in [6, 6.07) is 5.75. The van der Waals surface area contributed by atoms with Gasteiger partial charge in [0.1, 0.15) is 0 Å². The number of methoxy groups -OCH3 is 1. The van der Waals surface area contributed by atoms with Gasteiger partial charge >= 0.3 is 5.97 Å². The van der Waals surface area contributed by atoms with E-state index in [1.807, 2.05) is 31.4 Å². The van der Waals surface area contributed by atoms with Crippen LogP contribution in [0.5, 0.6) is 0 Å².